The molecule has 0 aromatic rings. The third-order valence-corrected chi connectivity index (χ3v) is 3.51. The summed E-state index contributed by atoms with van der Waals surface area (Å²) in [6, 6.07) is 0. The van der Waals surface area contributed by atoms with Crippen molar-refractivity contribution in [3.8, 4) is 0 Å². The zero-order valence-electron chi connectivity index (χ0n) is 11.5. The third kappa shape index (κ3) is 4.36. The Morgan fingerprint density at radius 2 is 2.10 bits per heavy atom. The number of aliphatic hydroxyl groups excluding tert-OH is 1. The van der Waals surface area contributed by atoms with Crippen molar-refractivity contribution in [1.29, 1.82) is 0 Å². The highest BCUT2D eigenvalue weighted by Gasteiger charge is 2.41. The molecule has 1 fully saturated rings. The Bertz CT molecular complexity index is 381. The van der Waals surface area contributed by atoms with E-state index >= 15 is 0 Å². The monoisotopic (exact) mass is 296 g/mol. The number of rotatable bonds is 5. The summed E-state index contributed by atoms with van der Waals surface area (Å²) in [5, 5.41) is 11.8. The first-order valence-electron chi connectivity index (χ1n) is 6.37. The lowest BCUT2D eigenvalue weighted by Gasteiger charge is -2.28. The molecule has 5 nitrogen and oxygen atoms in total. The van der Waals surface area contributed by atoms with Crippen LogP contribution >= 0.6 is 0 Å². The summed E-state index contributed by atoms with van der Waals surface area (Å²) < 4.78 is 36.8. The number of nitrogens with zero attached hydrogens (tertiary/aromatic N) is 1. The van der Waals surface area contributed by atoms with Gasteiger partial charge in [0.25, 0.3) is 0 Å². The topological polar surface area (TPSA) is 69.6 Å². The van der Waals surface area contributed by atoms with Gasteiger partial charge in [-0.1, -0.05) is 6.92 Å². The molecule has 0 bridgehead atoms. The number of nitrogens with one attached hydrogen (secondary N) is 1. The molecule has 0 aromatic heterocycles. The van der Waals surface area contributed by atoms with Gasteiger partial charge >= 0.3 is 6.18 Å². The second-order valence-corrected chi connectivity index (χ2v) is 5.35. The predicted molar refractivity (Wildman–Crippen MR) is 64.7 cm³/mol. The van der Waals surface area contributed by atoms with Crippen molar-refractivity contribution in [3.05, 3.63) is 0 Å². The van der Waals surface area contributed by atoms with E-state index < -0.39 is 36.0 Å². The third-order valence-electron chi connectivity index (χ3n) is 3.51. The first-order valence-corrected chi connectivity index (χ1v) is 6.37. The van der Waals surface area contributed by atoms with Gasteiger partial charge in [0.2, 0.25) is 11.8 Å². The molecule has 0 spiro atoms. The molecule has 116 valence electrons. The molecule has 0 aliphatic carbocycles. The highest BCUT2D eigenvalue weighted by Crippen LogP contribution is 2.24. The van der Waals surface area contributed by atoms with E-state index in [1.165, 1.54) is 0 Å². The number of likely N-dealkylation sites (tertiary alicyclic amines) is 1. The van der Waals surface area contributed by atoms with E-state index in [-0.39, 0.29) is 19.6 Å². The maximum atomic E-state index is 12.3. The lowest BCUT2D eigenvalue weighted by Crippen LogP contribution is -2.50. The number of aliphatic hydroxyl groups is 1. The number of alkyl halides is 3. The van der Waals surface area contributed by atoms with Crippen LogP contribution in [0.4, 0.5) is 13.2 Å². The fraction of sp³-hybridized carbons (Fsp3) is 0.833. The number of hydrogen-bond donors (Lipinski definition) is 2. The fourth-order valence-corrected chi connectivity index (χ4v) is 1.96. The lowest BCUT2D eigenvalue weighted by molar-refractivity contribution is -0.157. The highest BCUT2D eigenvalue weighted by molar-refractivity contribution is 5.89. The number of carbonyl (C=O) groups is 2. The minimum absolute atomic E-state index is 0.229. The summed E-state index contributed by atoms with van der Waals surface area (Å²) in [4.78, 5) is 24.1. The van der Waals surface area contributed by atoms with Crippen LogP contribution in [0, 0.1) is 5.92 Å². The van der Waals surface area contributed by atoms with E-state index in [0.29, 0.717) is 11.3 Å². The van der Waals surface area contributed by atoms with Crippen LogP contribution in [0.15, 0.2) is 0 Å². The zero-order valence-corrected chi connectivity index (χ0v) is 11.5. The molecule has 20 heavy (non-hydrogen) atoms. The molecule has 8 heteroatoms. The first kappa shape index (κ1) is 16.7. The minimum Gasteiger partial charge on any atom is -0.394 e. The summed E-state index contributed by atoms with van der Waals surface area (Å²) in [7, 11) is 0. The molecule has 1 aliphatic rings. The molecular formula is C12H19F3N2O3. The molecule has 1 saturated heterocycles. The molecule has 0 aromatic carbocycles. The van der Waals surface area contributed by atoms with Crippen LogP contribution in [0.3, 0.4) is 0 Å². The summed E-state index contributed by atoms with van der Waals surface area (Å²) in [5.74, 6) is -1.98. The summed E-state index contributed by atoms with van der Waals surface area (Å²) in [6.45, 7) is 1.56. The van der Waals surface area contributed by atoms with E-state index in [9.17, 15) is 27.9 Å². The average Bonchev–Trinajstić information content (AvgIpc) is 2.68. The van der Waals surface area contributed by atoms with Gasteiger partial charge < -0.3 is 15.3 Å². The van der Waals surface area contributed by atoms with Crippen molar-refractivity contribution >= 4 is 11.8 Å². The average molecular weight is 296 g/mol. The molecule has 0 radical (unpaired) electrons. The standard InChI is InChI=1S/C12H19F3N2O3/c1-3-11(2,7-18)16-10(20)8-4-9(19)17(5-8)6-12(13,14)15/h8,18H,3-7H2,1-2H3,(H,16,20). The van der Waals surface area contributed by atoms with Crippen LogP contribution in [0.2, 0.25) is 0 Å². The summed E-state index contributed by atoms with van der Waals surface area (Å²) in [5.41, 5.74) is -0.822. The largest absolute Gasteiger partial charge is 0.406 e. The zero-order chi connectivity index (χ0) is 15.6. The van der Waals surface area contributed by atoms with Gasteiger partial charge in [-0.15, -0.1) is 0 Å². The molecule has 2 atom stereocenters. The summed E-state index contributed by atoms with van der Waals surface area (Å²) in [6.07, 6.45) is -4.22. The van der Waals surface area contributed by atoms with Crippen molar-refractivity contribution in [2.75, 3.05) is 19.7 Å². The van der Waals surface area contributed by atoms with Gasteiger partial charge in [0.15, 0.2) is 0 Å². The van der Waals surface area contributed by atoms with Gasteiger partial charge in [-0.05, 0) is 13.3 Å². The molecule has 1 heterocycles. The minimum atomic E-state index is -4.47. The van der Waals surface area contributed by atoms with Crippen molar-refractivity contribution < 1.29 is 27.9 Å². The molecule has 2 N–H and O–H groups in total. The Morgan fingerprint density at radius 1 is 1.50 bits per heavy atom. The van der Waals surface area contributed by atoms with Crippen molar-refractivity contribution in [1.82, 2.24) is 10.2 Å². The smallest absolute Gasteiger partial charge is 0.394 e. The van der Waals surface area contributed by atoms with Gasteiger partial charge in [0.1, 0.15) is 6.54 Å². The number of halogens is 3. The van der Waals surface area contributed by atoms with Gasteiger partial charge in [-0.25, -0.2) is 0 Å². The van der Waals surface area contributed by atoms with Crippen molar-refractivity contribution in [3.63, 3.8) is 0 Å². The SMILES string of the molecule is CCC(C)(CO)NC(=O)C1CC(=O)N(CC(F)(F)F)C1. The molecule has 2 unspecified atom stereocenters. The van der Waals surface area contributed by atoms with Gasteiger partial charge in [0, 0.05) is 13.0 Å². The van der Waals surface area contributed by atoms with Crippen molar-refractivity contribution in [2.24, 2.45) is 5.92 Å². The Kier molecular flexibility index (Phi) is 5.01. The highest BCUT2D eigenvalue weighted by atomic mass is 19.4. The molecule has 1 rings (SSSR count). The van der Waals surface area contributed by atoms with Crippen LogP contribution in [0.25, 0.3) is 0 Å². The van der Waals surface area contributed by atoms with Crippen LogP contribution < -0.4 is 5.32 Å². The fourth-order valence-electron chi connectivity index (χ4n) is 1.96. The summed E-state index contributed by atoms with van der Waals surface area (Å²) >= 11 is 0. The number of carbonyl (C=O) groups excluding carboxylic acids is 2. The Hall–Kier alpha value is -1.31. The predicted octanol–water partition coefficient (Wildman–Crippen LogP) is 0.674. The Labute approximate surface area is 115 Å². The van der Waals surface area contributed by atoms with E-state index in [0.717, 1.165) is 0 Å². The lowest BCUT2D eigenvalue weighted by atomic mass is 9.98. The maximum absolute atomic E-state index is 12.3. The molecule has 1 aliphatic heterocycles. The molecule has 2 amide bonds. The van der Waals surface area contributed by atoms with Gasteiger partial charge in [0.05, 0.1) is 18.1 Å². The van der Waals surface area contributed by atoms with E-state index in [1.54, 1.807) is 13.8 Å². The van der Waals surface area contributed by atoms with Gasteiger partial charge in [-0.3, -0.25) is 9.59 Å². The maximum Gasteiger partial charge on any atom is 0.406 e. The second kappa shape index (κ2) is 5.99. The number of hydrogen-bond acceptors (Lipinski definition) is 3. The Balaban J connectivity index is 2.62. The van der Waals surface area contributed by atoms with Crippen LogP contribution in [-0.4, -0.2) is 53.2 Å². The van der Waals surface area contributed by atoms with Crippen LogP contribution in [0.1, 0.15) is 26.7 Å². The second-order valence-electron chi connectivity index (χ2n) is 5.35. The van der Waals surface area contributed by atoms with E-state index in [2.05, 4.69) is 5.32 Å². The van der Waals surface area contributed by atoms with Gasteiger partial charge in [-0.2, -0.15) is 13.2 Å². The van der Waals surface area contributed by atoms with E-state index in [1.807, 2.05) is 0 Å². The number of amides is 2. The van der Waals surface area contributed by atoms with Crippen molar-refractivity contribution in [2.45, 2.75) is 38.4 Å². The molecular weight excluding hydrogens is 277 g/mol. The first-order chi connectivity index (χ1) is 9.10. The molecule has 0 saturated carbocycles. The van der Waals surface area contributed by atoms with Crippen LogP contribution in [-0.2, 0) is 9.59 Å². The Morgan fingerprint density at radius 3 is 2.55 bits per heavy atom. The quantitative estimate of drug-likeness (QED) is 0.783. The van der Waals surface area contributed by atoms with E-state index in [4.69, 9.17) is 0 Å². The van der Waals surface area contributed by atoms with Crippen LogP contribution in [0.5, 0.6) is 0 Å². The normalized spacial score (nSPS) is 22.8.